The number of benzene rings is 2. The fraction of sp³-hybridized carbons (Fsp3) is 0.448. The maximum atomic E-state index is 15.2. The number of hydrogen-bond acceptors (Lipinski definition) is 6. The predicted octanol–water partition coefficient (Wildman–Crippen LogP) is 4.17. The Kier molecular flexibility index (Phi) is 9.57. The molecule has 2 fully saturated rings. The third-order valence-corrected chi connectivity index (χ3v) is 10.6. The standard InChI is InChI=1S/C29H32ClF5N6O3S/c1-40-25(29(33,34)35)13-24(39-40)26(16-7-10-20(30)22(32)12-16)27(36)28(42)38-23-6-2-5-21(31)19(23)9-8-18-14-37-17-4-3-11-45(43,44)41(18)15-17/h2,5-7,10,12-13,17-18,26-27,37H,3-4,8-9,11,14-15,36H2,1H3,(H,38,42)/t17-,18+,26?,27?/m1/s1. The van der Waals surface area contributed by atoms with E-state index < -0.39 is 57.4 Å². The van der Waals surface area contributed by atoms with Crippen molar-refractivity contribution in [2.45, 2.75) is 55.9 Å². The van der Waals surface area contributed by atoms with Crippen molar-refractivity contribution < 1.29 is 35.2 Å². The van der Waals surface area contributed by atoms with Crippen LogP contribution in [0.3, 0.4) is 0 Å². The normalized spacial score (nSPS) is 22.8. The molecule has 2 aliphatic rings. The van der Waals surface area contributed by atoms with E-state index in [1.165, 1.54) is 34.6 Å². The highest BCUT2D eigenvalue weighted by molar-refractivity contribution is 7.89. The van der Waals surface area contributed by atoms with Gasteiger partial charge in [-0.3, -0.25) is 9.48 Å². The number of piperazine rings is 1. The zero-order chi connectivity index (χ0) is 32.7. The molecular formula is C29H32ClF5N6O3S. The summed E-state index contributed by atoms with van der Waals surface area (Å²) in [6, 6.07) is 6.27. The summed E-state index contributed by atoms with van der Waals surface area (Å²) in [5.41, 5.74) is 5.21. The van der Waals surface area contributed by atoms with Crippen LogP contribution >= 0.6 is 11.6 Å². The van der Waals surface area contributed by atoms with Crippen LogP contribution in [0.1, 0.15) is 47.7 Å². The minimum absolute atomic E-state index is 0.0417. The van der Waals surface area contributed by atoms with Gasteiger partial charge < -0.3 is 16.4 Å². The van der Waals surface area contributed by atoms with Crippen LogP contribution in [-0.2, 0) is 34.5 Å². The number of alkyl halides is 3. The number of carbonyl (C=O) groups excluding carboxylic acids is 1. The van der Waals surface area contributed by atoms with Gasteiger partial charge in [0.25, 0.3) is 0 Å². The molecule has 5 atom stereocenters. The number of rotatable bonds is 8. The van der Waals surface area contributed by atoms with Crippen molar-refractivity contribution in [1.29, 1.82) is 0 Å². The van der Waals surface area contributed by atoms with E-state index in [9.17, 15) is 30.8 Å². The molecule has 9 nitrogen and oxygen atoms in total. The van der Waals surface area contributed by atoms with Crippen molar-refractivity contribution in [2.75, 3.05) is 24.2 Å². The first-order valence-corrected chi connectivity index (χ1v) is 16.3. The smallest absolute Gasteiger partial charge is 0.324 e. The molecule has 2 bridgehead atoms. The van der Waals surface area contributed by atoms with Gasteiger partial charge in [-0.15, -0.1) is 0 Å². The summed E-state index contributed by atoms with van der Waals surface area (Å²) in [6.07, 6.45) is -3.14. The number of aromatic nitrogens is 2. The second-order valence-corrected chi connectivity index (χ2v) is 13.8. The fourth-order valence-electron chi connectivity index (χ4n) is 6.03. The molecule has 3 heterocycles. The van der Waals surface area contributed by atoms with Gasteiger partial charge in [-0.05, 0) is 61.6 Å². The minimum Gasteiger partial charge on any atom is -0.324 e. The third-order valence-electron chi connectivity index (χ3n) is 8.34. The Morgan fingerprint density at radius 2 is 1.96 bits per heavy atom. The molecule has 45 heavy (non-hydrogen) atoms. The molecule has 3 unspecified atom stereocenters. The summed E-state index contributed by atoms with van der Waals surface area (Å²) in [4.78, 5) is 13.5. The second kappa shape index (κ2) is 12.9. The van der Waals surface area contributed by atoms with Gasteiger partial charge in [0.05, 0.1) is 28.4 Å². The lowest BCUT2D eigenvalue weighted by atomic mass is 9.88. The van der Waals surface area contributed by atoms with Crippen molar-refractivity contribution >= 4 is 33.2 Å². The number of carbonyl (C=O) groups is 1. The molecule has 5 rings (SSSR count). The summed E-state index contributed by atoms with van der Waals surface area (Å²) in [5, 5.41) is 9.63. The quantitative estimate of drug-likeness (QED) is 0.309. The van der Waals surface area contributed by atoms with Crippen molar-refractivity contribution in [2.24, 2.45) is 12.8 Å². The number of nitrogens with zero attached hydrogens (tertiary/aromatic N) is 3. The monoisotopic (exact) mass is 674 g/mol. The number of aryl methyl sites for hydroxylation is 1. The molecule has 3 aromatic rings. The number of hydrogen-bond donors (Lipinski definition) is 3. The van der Waals surface area contributed by atoms with Crippen LogP contribution in [0.15, 0.2) is 42.5 Å². The molecule has 16 heteroatoms. The highest BCUT2D eigenvalue weighted by Crippen LogP contribution is 2.35. The number of anilines is 1. The van der Waals surface area contributed by atoms with E-state index in [0.29, 0.717) is 24.2 Å². The van der Waals surface area contributed by atoms with Crippen molar-refractivity contribution in [3.8, 4) is 0 Å². The number of fused-ring (bicyclic) bond motifs is 2. The maximum absolute atomic E-state index is 15.2. The van der Waals surface area contributed by atoms with Gasteiger partial charge in [0, 0.05) is 43.5 Å². The Bertz CT molecular complexity index is 1680. The van der Waals surface area contributed by atoms with E-state index in [0.717, 1.165) is 25.6 Å². The van der Waals surface area contributed by atoms with Gasteiger partial charge in [0.2, 0.25) is 15.9 Å². The molecule has 0 saturated carbocycles. The Morgan fingerprint density at radius 1 is 1.20 bits per heavy atom. The average Bonchev–Trinajstić information content (AvgIpc) is 3.31. The van der Waals surface area contributed by atoms with Crippen LogP contribution < -0.4 is 16.4 Å². The van der Waals surface area contributed by atoms with E-state index in [4.69, 9.17) is 17.3 Å². The molecule has 2 saturated heterocycles. The lowest BCUT2D eigenvalue weighted by Gasteiger charge is -2.37. The molecule has 1 amide bonds. The molecule has 4 N–H and O–H groups in total. The topological polar surface area (TPSA) is 122 Å². The molecule has 0 aliphatic carbocycles. The Labute approximate surface area is 262 Å². The summed E-state index contributed by atoms with van der Waals surface area (Å²) in [7, 11) is -2.40. The first-order chi connectivity index (χ1) is 21.2. The second-order valence-electron chi connectivity index (χ2n) is 11.3. The van der Waals surface area contributed by atoms with E-state index >= 15 is 4.39 Å². The van der Waals surface area contributed by atoms with Gasteiger partial charge in [-0.1, -0.05) is 23.7 Å². The van der Waals surface area contributed by atoms with Gasteiger partial charge in [-0.2, -0.15) is 22.6 Å². The molecule has 2 aliphatic heterocycles. The lowest BCUT2D eigenvalue weighted by molar-refractivity contribution is -0.143. The van der Waals surface area contributed by atoms with Crippen LogP contribution in [0, 0.1) is 11.6 Å². The third kappa shape index (κ3) is 7.17. The predicted molar refractivity (Wildman–Crippen MR) is 158 cm³/mol. The highest BCUT2D eigenvalue weighted by Gasteiger charge is 2.39. The van der Waals surface area contributed by atoms with Crippen LogP contribution in [-0.4, -0.2) is 65.4 Å². The first kappa shape index (κ1) is 33.3. The van der Waals surface area contributed by atoms with Crippen LogP contribution in [0.25, 0.3) is 0 Å². The Balaban J connectivity index is 1.40. The molecule has 0 spiro atoms. The van der Waals surface area contributed by atoms with Gasteiger partial charge in [0.15, 0.2) is 0 Å². The van der Waals surface area contributed by atoms with Crippen molar-refractivity contribution in [3.63, 3.8) is 0 Å². The summed E-state index contributed by atoms with van der Waals surface area (Å²) in [5.74, 6) is -3.71. The fourth-order valence-corrected chi connectivity index (χ4v) is 7.95. The zero-order valence-corrected chi connectivity index (χ0v) is 25.7. The van der Waals surface area contributed by atoms with Gasteiger partial charge in [-0.25, -0.2) is 17.2 Å². The average molecular weight is 675 g/mol. The lowest BCUT2D eigenvalue weighted by Crippen LogP contribution is -2.57. The molecular weight excluding hydrogens is 643 g/mol. The van der Waals surface area contributed by atoms with Crippen LogP contribution in [0.5, 0.6) is 0 Å². The number of nitrogens with one attached hydrogen (secondary N) is 2. The van der Waals surface area contributed by atoms with Gasteiger partial charge in [0.1, 0.15) is 17.3 Å². The summed E-state index contributed by atoms with van der Waals surface area (Å²) < 4.78 is 98.2. The van der Waals surface area contributed by atoms with Gasteiger partial charge >= 0.3 is 6.18 Å². The number of amides is 1. The van der Waals surface area contributed by atoms with Crippen LogP contribution in [0.2, 0.25) is 5.02 Å². The maximum Gasteiger partial charge on any atom is 0.433 e. The zero-order valence-electron chi connectivity index (χ0n) is 24.1. The molecule has 0 radical (unpaired) electrons. The van der Waals surface area contributed by atoms with E-state index in [1.807, 2.05) is 0 Å². The SMILES string of the molecule is Cn1nc(C(c2ccc(Cl)c(F)c2)C(N)C(=O)Nc2cccc(F)c2CC[C@H]2CN[C@@H]3CCCS(=O)(=O)N2C3)cc1C(F)(F)F. The van der Waals surface area contributed by atoms with E-state index in [1.54, 1.807) is 0 Å². The largest absolute Gasteiger partial charge is 0.433 e. The van der Waals surface area contributed by atoms with Crippen LogP contribution in [0.4, 0.5) is 27.6 Å². The molecule has 2 aromatic carbocycles. The Hall–Kier alpha value is -3.11. The molecule has 1 aromatic heterocycles. The molecule has 244 valence electrons. The number of halogens is 6. The minimum atomic E-state index is -4.76. The van der Waals surface area contributed by atoms with E-state index in [2.05, 4.69) is 15.7 Å². The summed E-state index contributed by atoms with van der Waals surface area (Å²) in [6.45, 7) is 0.729. The number of nitrogens with two attached hydrogens (primary N) is 1. The Morgan fingerprint density at radius 3 is 2.64 bits per heavy atom. The van der Waals surface area contributed by atoms with E-state index in [-0.39, 0.29) is 52.2 Å². The summed E-state index contributed by atoms with van der Waals surface area (Å²) >= 11 is 5.81. The highest BCUT2D eigenvalue weighted by atomic mass is 35.5. The van der Waals surface area contributed by atoms with Crippen molar-refractivity contribution in [1.82, 2.24) is 19.4 Å². The first-order valence-electron chi connectivity index (χ1n) is 14.3. The number of sulfonamides is 1. The van der Waals surface area contributed by atoms with Crippen molar-refractivity contribution in [3.05, 3.63) is 81.6 Å².